The Kier molecular flexibility index (Phi) is 13.0. The van der Waals surface area contributed by atoms with Crippen LogP contribution in [0.25, 0.3) is 0 Å². The molecule has 2 aliphatic heterocycles. The third-order valence-corrected chi connectivity index (χ3v) is 11.7. The number of carbonyl (C=O) groups excluding carboxylic acids is 1. The summed E-state index contributed by atoms with van der Waals surface area (Å²) in [6.07, 6.45) is -3.50. The van der Waals surface area contributed by atoms with Crippen molar-refractivity contribution in [1.29, 1.82) is 0 Å². The number of carbonyl (C=O) groups is 1. The molecule has 3 aromatic rings. The van der Waals surface area contributed by atoms with Gasteiger partial charge >= 0.3 is 16.4 Å². The van der Waals surface area contributed by atoms with Gasteiger partial charge in [0.1, 0.15) is 18.4 Å². The second-order valence-corrected chi connectivity index (χ2v) is 16.5. The molecule has 5 rings (SSSR count). The summed E-state index contributed by atoms with van der Waals surface area (Å²) in [5, 5.41) is 28.2. The number of fused-ring (bicyclic) bond motifs is 1. The molecule has 5 N–H and O–H groups in total. The average Bonchev–Trinajstić information content (AvgIpc) is 3.17. The largest absolute Gasteiger partial charge is 0.397 e. The van der Waals surface area contributed by atoms with Crippen molar-refractivity contribution in [2.24, 2.45) is 5.92 Å². The van der Waals surface area contributed by atoms with Gasteiger partial charge < -0.3 is 35.2 Å². The minimum atomic E-state index is -4.85. The first-order valence-electron chi connectivity index (χ1n) is 17.2. The van der Waals surface area contributed by atoms with E-state index in [2.05, 4.69) is 14.8 Å². The summed E-state index contributed by atoms with van der Waals surface area (Å²) < 4.78 is 75.1. The molecule has 0 radical (unpaired) electrons. The van der Waals surface area contributed by atoms with Gasteiger partial charge in [0, 0.05) is 43.7 Å². The number of aliphatic hydroxyl groups is 2. The van der Waals surface area contributed by atoms with Gasteiger partial charge in [-0.3, -0.25) is 4.55 Å². The van der Waals surface area contributed by atoms with Crippen molar-refractivity contribution in [2.45, 2.75) is 80.7 Å². The normalized spacial score (nSPS) is 25.8. The Bertz CT molecular complexity index is 1890. The monoisotopic (exact) mass is 761 g/mol. The molecule has 0 saturated carbocycles. The van der Waals surface area contributed by atoms with Gasteiger partial charge in [-0.25, -0.2) is 17.4 Å². The molecule has 0 spiro atoms. The minimum Gasteiger partial charge on any atom is -0.392 e. The minimum absolute atomic E-state index is 0.00326. The summed E-state index contributed by atoms with van der Waals surface area (Å²) in [5.41, 5.74) is 3.03. The molecule has 3 aromatic carbocycles. The SMILES string of the molecule is CCCC[C@@H]1CS(=O)(=O)c2ccc(N(C)C)cc2[C@@H](c2cccc(NC(=O)N[C@H]3C[C@@H](OCc4ccccc4)[C@H](O)[C@@H](COS(=O)(=O)O)O3)c2)[C@H]1O. The Morgan fingerprint density at radius 3 is 2.46 bits per heavy atom. The van der Waals surface area contributed by atoms with Crippen LogP contribution in [0, 0.1) is 5.92 Å². The van der Waals surface area contributed by atoms with Gasteiger partial charge in [-0.05, 0) is 53.4 Å². The molecule has 2 heterocycles. The van der Waals surface area contributed by atoms with Crippen molar-refractivity contribution in [1.82, 2.24) is 5.32 Å². The maximum absolute atomic E-state index is 13.7. The van der Waals surface area contributed by atoms with Gasteiger partial charge in [0.25, 0.3) is 0 Å². The summed E-state index contributed by atoms with van der Waals surface area (Å²) in [4.78, 5) is 15.4. The van der Waals surface area contributed by atoms with E-state index in [1.165, 1.54) is 0 Å². The van der Waals surface area contributed by atoms with E-state index in [1.54, 1.807) is 42.5 Å². The standard InChI is InChI=1S/C36H47N3O11S2/c1-4-5-12-25-22-51(43,44)31-16-15-27(39(2)3)18-28(31)33(34(25)40)24-13-9-14-26(17-24)37-36(42)38-32-19-29(48-20-23-10-7-6-8-11-23)35(41)30(50-32)21-49-52(45,46)47/h6-11,13-18,25,29-30,32-35,40-41H,4-5,12,19-22H2,1-3H3,(H2,37,38,42)(H,45,46,47)/t25-,29-,30-,32-,33-,34+,35+/m1/s1. The number of nitrogens with zero attached hydrogens (tertiary/aromatic N) is 1. The van der Waals surface area contributed by atoms with E-state index >= 15 is 0 Å². The predicted octanol–water partition coefficient (Wildman–Crippen LogP) is 3.84. The molecule has 0 unspecified atom stereocenters. The lowest BCUT2D eigenvalue weighted by Gasteiger charge is -2.39. The highest BCUT2D eigenvalue weighted by Gasteiger charge is 2.41. The zero-order chi connectivity index (χ0) is 37.6. The lowest BCUT2D eigenvalue weighted by molar-refractivity contribution is -0.197. The number of hydrogen-bond acceptors (Lipinski definition) is 11. The van der Waals surface area contributed by atoms with Crippen molar-refractivity contribution < 1.29 is 50.1 Å². The van der Waals surface area contributed by atoms with Crippen LogP contribution in [-0.2, 0) is 40.5 Å². The Morgan fingerprint density at radius 1 is 1.02 bits per heavy atom. The molecule has 2 aliphatic rings. The Balaban J connectivity index is 1.37. The zero-order valence-corrected chi connectivity index (χ0v) is 30.9. The molecule has 2 amide bonds. The number of urea groups is 1. The Morgan fingerprint density at radius 2 is 1.77 bits per heavy atom. The maximum Gasteiger partial charge on any atom is 0.397 e. The van der Waals surface area contributed by atoms with Gasteiger partial charge in [0.05, 0.1) is 36.1 Å². The summed E-state index contributed by atoms with van der Waals surface area (Å²) >= 11 is 0. The van der Waals surface area contributed by atoms with Gasteiger partial charge in [0.2, 0.25) is 0 Å². The van der Waals surface area contributed by atoms with E-state index in [-0.39, 0.29) is 23.7 Å². The van der Waals surface area contributed by atoms with E-state index in [4.69, 9.17) is 14.0 Å². The molecular weight excluding hydrogens is 715 g/mol. The molecule has 0 bridgehead atoms. The highest BCUT2D eigenvalue weighted by Crippen LogP contribution is 2.43. The molecular formula is C36H47N3O11S2. The fraction of sp³-hybridized carbons (Fsp3) is 0.472. The first-order chi connectivity index (χ1) is 24.6. The van der Waals surface area contributed by atoms with Crippen molar-refractivity contribution in [3.05, 3.63) is 89.5 Å². The lowest BCUT2D eigenvalue weighted by atomic mass is 9.80. The number of ether oxygens (including phenoxy) is 2. The molecule has 0 aromatic heterocycles. The fourth-order valence-corrected chi connectivity index (χ4v) is 8.99. The Hall–Kier alpha value is -3.61. The number of amides is 2. The van der Waals surface area contributed by atoms with Crippen LogP contribution in [0.2, 0.25) is 0 Å². The fourth-order valence-electron chi connectivity index (χ4n) is 6.75. The third-order valence-electron chi connectivity index (χ3n) is 9.40. The van der Waals surface area contributed by atoms with E-state index in [1.807, 2.05) is 56.3 Å². The number of anilines is 2. The highest BCUT2D eigenvalue weighted by molar-refractivity contribution is 7.91. The summed E-state index contributed by atoms with van der Waals surface area (Å²) in [6.45, 7) is 1.40. The van der Waals surface area contributed by atoms with Crippen molar-refractivity contribution in [3.8, 4) is 0 Å². The molecule has 284 valence electrons. The van der Waals surface area contributed by atoms with Crippen LogP contribution < -0.4 is 15.5 Å². The van der Waals surface area contributed by atoms with Gasteiger partial charge in [-0.2, -0.15) is 8.42 Å². The van der Waals surface area contributed by atoms with Crippen LogP contribution in [0.15, 0.2) is 77.7 Å². The molecule has 0 aliphatic carbocycles. The first-order valence-corrected chi connectivity index (χ1v) is 20.2. The van der Waals surface area contributed by atoms with E-state index in [0.717, 1.165) is 24.1 Å². The van der Waals surface area contributed by atoms with Crippen molar-refractivity contribution in [2.75, 3.05) is 36.7 Å². The van der Waals surface area contributed by atoms with Crippen molar-refractivity contribution in [3.63, 3.8) is 0 Å². The molecule has 52 heavy (non-hydrogen) atoms. The molecule has 14 nitrogen and oxygen atoms in total. The number of hydrogen-bond donors (Lipinski definition) is 5. The average molecular weight is 762 g/mol. The number of sulfone groups is 1. The van der Waals surface area contributed by atoms with Crippen LogP contribution in [0.1, 0.15) is 55.2 Å². The van der Waals surface area contributed by atoms with Crippen LogP contribution in [0.4, 0.5) is 16.2 Å². The van der Waals surface area contributed by atoms with Crippen molar-refractivity contribution >= 4 is 37.6 Å². The van der Waals surface area contributed by atoms with Crippen LogP contribution in [0.5, 0.6) is 0 Å². The topological polar surface area (TPSA) is 201 Å². The summed E-state index contributed by atoms with van der Waals surface area (Å²) in [6, 6.07) is 20.4. The second-order valence-electron chi connectivity index (χ2n) is 13.4. The van der Waals surface area contributed by atoms with E-state index < -0.39 is 75.4 Å². The summed E-state index contributed by atoms with van der Waals surface area (Å²) in [7, 11) is -4.87. The number of aliphatic hydroxyl groups excluding tert-OH is 2. The first kappa shape index (κ1) is 39.6. The van der Waals surface area contributed by atoms with Gasteiger partial charge in [0.15, 0.2) is 9.84 Å². The number of nitrogens with one attached hydrogen (secondary N) is 2. The smallest absolute Gasteiger partial charge is 0.392 e. The van der Waals surface area contributed by atoms with Crippen LogP contribution in [-0.4, -0.2) is 94.7 Å². The predicted molar refractivity (Wildman–Crippen MR) is 194 cm³/mol. The number of rotatable bonds is 13. The molecule has 7 atom stereocenters. The molecule has 1 saturated heterocycles. The maximum atomic E-state index is 13.7. The molecule has 16 heteroatoms. The quantitative estimate of drug-likeness (QED) is 0.158. The highest BCUT2D eigenvalue weighted by atomic mass is 32.3. The van der Waals surface area contributed by atoms with Gasteiger partial charge in [-0.15, -0.1) is 0 Å². The molecule has 1 fully saturated rings. The third kappa shape index (κ3) is 10.1. The van der Waals surface area contributed by atoms with Gasteiger partial charge in [-0.1, -0.05) is 62.2 Å². The lowest BCUT2D eigenvalue weighted by Crippen LogP contribution is -2.56. The number of benzene rings is 3. The van der Waals surface area contributed by atoms with Crippen LogP contribution >= 0.6 is 0 Å². The zero-order valence-electron chi connectivity index (χ0n) is 29.3. The van der Waals surface area contributed by atoms with Crippen LogP contribution in [0.3, 0.4) is 0 Å². The Labute approximate surface area is 305 Å². The van der Waals surface area contributed by atoms with E-state index in [9.17, 15) is 31.8 Å². The second kappa shape index (κ2) is 17.0. The number of unbranched alkanes of at least 4 members (excludes halogenated alkanes) is 1. The summed E-state index contributed by atoms with van der Waals surface area (Å²) in [5.74, 6) is -1.41. The van der Waals surface area contributed by atoms with E-state index in [0.29, 0.717) is 23.2 Å².